The third-order valence-corrected chi connectivity index (χ3v) is 6.93. The van der Waals surface area contributed by atoms with E-state index in [1.54, 1.807) is 4.90 Å². The summed E-state index contributed by atoms with van der Waals surface area (Å²) in [7, 11) is -3.66. The first kappa shape index (κ1) is 20.5. The molecule has 0 atom stereocenters. The van der Waals surface area contributed by atoms with Crippen molar-refractivity contribution in [3.8, 4) is 0 Å². The van der Waals surface area contributed by atoms with E-state index in [9.17, 15) is 17.6 Å². The molecule has 1 saturated heterocycles. The van der Waals surface area contributed by atoms with Gasteiger partial charge in [0.2, 0.25) is 15.9 Å². The number of carbonyl (C=O) groups excluding carboxylic acids is 1. The number of hydrogen-bond acceptors (Lipinski definition) is 3. The highest BCUT2D eigenvalue weighted by molar-refractivity contribution is 7.89. The lowest BCUT2D eigenvalue weighted by atomic mass is 10.1. The molecule has 1 aliphatic heterocycles. The number of halogens is 1. The number of aryl methyl sites for hydroxylation is 2. The van der Waals surface area contributed by atoms with Gasteiger partial charge in [0.15, 0.2) is 0 Å². The Morgan fingerprint density at radius 1 is 0.964 bits per heavy atom. The highest BCUT2D eigenvalue weighted by Crippen LogP contribution is 2.18. The molecule has 1 aliphatic rings. The maximum Gasteiger partial charge on any atom is 0.243 e. The Labute approximate surface area is 165 Å². The number of piperazine rings is 1. The first-order valence-corrected chi connectivity index (χ1v) is 10.9. The maximum absolute atomic E-state index is 13.0. The minimum atomic E-state index is -3.66. The second-order valence-electron chi connectivity index (χ2n) is 7.08. The standard InChI is InChI=1S/C21H25FN2O3S/c1-17-5-7-18(8-6-17)3-2-4-21(25)23-13-15-24(16-14-23)28(26,27)20-11-9-19(22)10-12-20/h5-12H,2-4,13-16H2,1H3. The first-order valence-electron chi connectivity index (χ1n) is 9.45. The van der Waals surface area contributed by atoms with Crippen molar-refractivity contribution in [1.82, 2.24) is 9.21 Å². The van der Waals surface area contributed by atoms with E-state index in [0.29, 0.717) is 19.5 Å². The molecule has 0 spiro atoms. The van der Waals surface area contributed by atoms with Crippen molar-refractivity contribution in [3.63, 3.8) is 0 Å². The van der Waals surface area contributed by atoms with E-state index >= 15 is 0 Å². The van der Waals surface area contributed by atoms with Crippen LogP contribution in [0.3, 0.4) is 0 Å². The van der Waals surface area contributed by atoms with Gasteiger partial charge in [0.25, 0.3) is 0 Å². The average Bonchev–Trinajstić information content (AvgIpc) is 2.70. The van der Waals surface area contributed by atoms with Crippen LogP contribution >= 0.6 is 0 Å². The zero-order chi connectivity index (χ0) is 20.1. The number of sulfonamides is 1. The highest BCUT2D eigenvalue weighted by Gasteiger charge is 2.29. The molecule has 0 aromatic heterocycles. The third-order valence-electron chi connectivity index (χ3n) is 5.02. The zero-order valence-corrected chi connectivity index (χ0v) is 16.8. The van der Waals surface area contributed by atoms with E-state index in [-0.39, 0.29) is 23.9 Å². The largest absolute Gasteiger partial charge is 0.340 e. The fraction of sp³-hybridized carbons (Fsp3) is 0.381. The molecule has 28 heavy (non-hydrogen) atoms. The van der Waals surface area contributed by atoms with Gasteiger partial charge in [-0.2, -0.15) is 4.31 Å². The van der Waals surface area contributed by atoms with Gasteiger partial charge in [-0.1, -0.05) is 29.8 Å². The normalized spacial score (nSPS) is 15.6. The van der Waals surface area contributed by atoms with Crippen LogP contribution in [0.5, 0.6) is 0 Å². The van der Waals surface area contributed by atoms with Crippen LogP contribution in [0.2, 0.25) is 0 Å². The Morgan fingerprint density at radius 2 is 1.57 bits per heavy atom. The SMILES string of the molecule is Cc1ccc(CCCC(=O)N2CCN(S(=O)(=O)c3ccc(F)cc3)CC2)cc1. The predicted molar refractivity (Wildman–Crippen MR) is 106 cm³/mol. The summed E-state index contributed by atoms with van der Waals surface area (Å²) in [6, 6.07) is 13.1. The van der Waals surface area contributed by atoms with E-state index in [1.807, 2.05) is 6.92 Å². The van der Waals surface area contributed by atoms with Crippen LogP contribution in [0.15, 0.2) is 53.4 Å². The molecular formula is C21H25FN2O3S. The molecule has 0 unspecified atom stereocenters. The Morgan fingerprint density at radius 3 is 2.18 bits per heavy atom. The summed E-state index contributed by atoms with van der Waals surface area (Å²) in [5.74, 6) is -0.411. The molecule has 7 heteroatoms. The van der Waals surface area contributed by atoms with E-state index in [1.165, 1.54) is 27.6 Å². The lowest BCUT2D eigenvalue weighted by molar-refractivity contribution is -0.132. The van der Waals surface area contributed by atoms with Crippen LogP contribution in [-0.2, 0) is 21.2 Å². The Bertz CT molecular complexity index is 904. The van der Waals surface area contributed by atoms with Gasteiger partial charge >= 0.3 is 0 Å². The number of nitrogens with zero attached hydrogens (tertiary/aromatic N) is 2. The van der Waals surface area contributed by atoms with Crippen molar-refractivity contribution in [2.45, 2.75) is 31.1 Å². The van der Waals surface area contributed by atoms with Crippen molar-refractivity contribution >= 4 is 15.9 Å². The van der Waals surface area contributed by atoms with Gasteiger partial charge in [0.1, 0.15) is 5.82 Å². The number of hydrogen-bond donors (Lipinski definition) is 0. The number of carbonyl (C=O) groups is 1. The third kappa shape index (κ3) is 4.97. The summed E-state index contributed by atoms with van der Waals surface area (Å²) in [4.78, 5) is 14.2. The molecule has 2 aromatic rings. The van der Waals surface area contributed by atoms with E-state index < -0.39 is 15.8 Å². The van der Waals surface area contributed by atoms with Gasteiger partial charge in [-0.15, -0.1) is 0 Å². The average molecular weight is 405 g/mol. The fourth-order valence-corrected chi connectivity index (χ4v) is 4.71. The van der Waals surface area contributed by atoms with E-state index in [2.05, 4.69) is 24.3 Å². The summed E-state index contributed by atoms with van der Waals surface area (Å²) in [5, 5.41) is 0. The van der Waals surface area contributed by atoms with E-state index in [4.69, 9.17) is 0 Å². The minimum absolute atomic E-state index is 0.0611. The van der Waals surface area contributed by atoms with Crippen LogP contribution in [0.4, 0.5) is 4.39 Å². The van der Waals surface area contributed by atoms with Crippen molar-refractivity contribution in [3.05, 3.63) is 65.5 Å². The molecule has 0 aliphatic carbocycles. The first-order chi connectivity index (χ1) is 13.4. The smallest absolute Gasteiger partial charge is 0.243 e. The second-order valence-corrected chi connectivity index (χ2v) is 9.02. The van der Waals surface area contributed by atoms with Crippen LogP contribution in [-0.4, -0.2) is 49.7 Å². The molecular weight excluding hydrogens is 379 g/mol. The van der Waals surface area contributed by atoms with E-state index in [0.717, 1.165) is 25.0 Å². The Kier molecular flexibility index (Phi) is 6.46. The predicted octanol–water partition coefficient (Wildman–Crippen LogP) is 2.99. The molecule has 1 amide bonds. The molecule has 1 fully saturated rings. The van der Waals surface area contributed by atoms with Gasteiger partial charge in [0, 0.05) is 32.6 Å². The quantitative estimate of drug-likeness (QED) is 0.744. The highest BCUT2D eigenvalue weighted by atomic mass is 32.2. The molecule has 0 radical (unpaired) electrons. The lowest BCUT2D eigenvalue weighted by Crippen LogP contribution is -2.50. The topological polar surface area (TPSA) is 57.7 Å². The molecule has 0 saturated carbocycles. The summed E-state index contributed by atoms with van der Waals surface area (Å²) in [5.41, 5.74) is 2.43. The second kappa shape index (κ2) is 8.84. The van der Waals surface area contributed by atoms with Gasteiger partial charge in [-0.3, -0.25) is 4.79 Å². The molecule has 5 nitrogen and oxygen atoms in total. The summed E-state index contributed by atoms with van der Waals surface area (Å²) >= 11 is 0. The summed E-state index contributed by atoms with van der Waals surface area (Å²) < 4.78 is 39.6. The van der Waals surface area contributed by atoms with Crippen molar-refractivity contribution in [2.75, 3.05) is 26.2 Å². The lowest BCUT2D eigenvalue weighted by Gasteiger charge is -2.34. The van der Waals surface area contributed by atoms with Crippen LogP contribution in [0.1, 0.15) is 24.0 Å². The van der Waals surface area contributed by atoms with Gasteiger partial charge < -0.3 is 4.90 Å². The fourth-order valence-electron chi connectivity index (χ4n) is 3.29. The van der Waals surface area contributed by atoms with Crippen molar-refractivity contribution in [1.29, 1.82) is 0 Å². The number of amides is 1. The molecule has 3 rings (SSSR count). The minimum Gasteiger partial charge on any atom is -0.340 e. The van der Waals surface area contributed by atoms with Gasteiger partial charge in [0.05, 0.1) is 4.90 Å². The molecule has 0 bridgehead atoms. The Balaban J connectivity index is 1.48. The maximum atomic E-state index is 13.0. The number of benzene rings is 2. The monoisotopic (exact) mass is 404 g/mol. The van der Waals surface area contributed by atoms with Crippen LogP contribution < -0.4 is 0 Å². The van der Waals surface area contributed by atoms with Gasteiger partial charge in [-0.05, 0) is 49.6 Å². The molecule has 150 valence electrons. The number of rotatable bonds is 6. The molecule has 0 N–H and O–H groups in total. The van der Waals surface area contributed by atoms with Crippen molar-refractivity contribution < 1.29 is 17.6 Å². The Hall–Kier alpha value is -2.25. The van der Waals surface area contributed by atoms with Crippen LogP contribution in [0.25, 0.3) is 0 Å². The molecule has 1 heterocycles. The summed E-state index contributed by atoms with van der Waals surface area (Å²) in [6.45, 7) is 3.31. The van der Waals surface area contributed by atoms with Gasteiger partial charge in [-0.25, -0.2) is 12.8 Å². The van der Waals surface area contributed by atoms with Crippen LogP contribution in [0, 0.1) is 12.7 Å². The van der Waals surface area contributed by atoms with Crippen molar-refractivity contribution in [2.24, 2.45) is 0 Å². The summed E-state index contributed by atoms with van der Waals surface area (Å²) in [6.07, 6.45) is 2.08. The zero-order valence-electron chi connectivity index (χ0n) is 16.0. The molecule has 2 aromatic carbocycles.